The molecule has 1 aromatic heterocycles. The molecule has 0 atom stereocenters. The van der Waals surface area contributed by atoms with E-state index in [1.54, 1.807) is 18.3 Å². The predicted octanol–water partition coefficient (Wildman–Crippen LogP) is 3.92. The third kappa shape index (κ3) is 7.96. The molecule has 0 spiro atoms. The largest absolute Gasteiger partial charge is 0.459 e. The van der Waals surface area contributed by atoms with E-state index in [0.29, 0.717) is 5.56 Å². The van der Waals surface area contributed by atoms with Gasteiger partial charge in [-0.05, 0) is 43.7 Å². The molecule has 0 amide bonds. The van der Waals surface area contributed by atoms with Gasteiger partial charge in [-0.15, -0.1) is 24.8 Å². The molecule has 1 aromatic carbocycles. The maximum absolute atomic E-state index is 12.4. The molecule has 172 valence electrons. The van der Waals surface area contributed by atoms with Crippen molar-refractivity contribution in [2.75, 3.05) is 37.6 Å². The number of rotatable bonds is 8. The number of pyridine rings is 1. The fourth-order valence-corrected chi connectivity index (χ4v) is 3.49. The Morgan fingerprint density at radius 2 is 1.71 bits per heavy atom. The number of carbonyl (C=O) groups excluding carboxylic acids is 1. The highest BCUT2D eigenvalue weighted by Crippen LogP contribution is 2.21. The number of ether oxygens (including phenoxy) is 1. The summed E-state index contributed by atoms with van der Waals surface area (Å²) in [6, 6.07) is 12.4. The Bertz CT molecular complexity index is 794. The van der Waals surface area contributed by atoms with Crippen molar-refractivity contribution >= 4 is 36.6 Å². The number of esters is 1. The second kappa shape index (κ2) is 13.5. The maximum Gasteiger partial charge on any atom is 0.342 e. The monoisotopic (exact) mass is 468 g/mol. The lowest BCUT2D eigenvalue weighted by atomic mass is 10.1. The molecular formula is C23H34Cl2N4O2. The highest BCUT2D eigenvalue weighted by Gasteiger charge is 2.23. The van der Waals surface area contributed by atoms with Gasteiger partial charge in [0.2, 0.25) is 0 Å². The van der Waals surface area contributed by atoms with E-state index in [1.165, 1.54) is 11.1 Å². The van der Waals surface area contributed by atoms with Crippen molar-refractivity contribution in [1.29, 1.82) is 0 Å². The molecular weight excluding hydrogens is 435 g/mol. The van der Waals surface area contributed by atoms with Gasteiger partial charge in [-0.2, -0.15) is 0 Å². The van der Waals surface area contributed by atoms with Crippen LogP contribution in [0.2, 0.25) is 0 Å². The van der Waals surface area contributed by atoms with Crippen molar-refractivity contribution < 1.29 is 9.53 Å². The van der Waals surface area contributed by atoms with Gasteiger partial charge >= 0.3 is 5.97 Å². The topological polar surface area (TPSA) is 57.7 Å². The molecule has 31 heavy (non-hydrogen) atoms. The van der Waals surface area contributed by atoms with Gasteiger partial charge in [0.25, 0.3) is 0 Å². The number of benzene rings is 1. The van der Waals surface area contributed by atoms with Crippen molar-refractivity contribution in [2.45, 2.75) is 40.0 Å². The first-order valence-electron chi connectivity index (χ1n) is 10.5. The molecule has 8 heteroatoms. The first-order chi connectivity index (χ1) is 14.1. The molecule has 0 saturated carbocycles. The first kappa shape index (κ1) is 27.2. The zero-order chi connectivity index (χ0) is 20.6. The Balaban J connectivity index is 0.00000240. The summed E-state index contributed by atoms with van der Waals surface area (Å²) in [5, 5.41) is 3.35. The second-order valence-corrected chi connectivity index (χ2v) is 7.69. The van der Waals surface area contributed by atoms with E-state index in [1.807, 2.05) is 13.8 Å². The lowest BCUT2D eigenvalue weighted by molar-refractivity contribution is 0.0378. The van der Waals surface area contributed by atoms with Gasteiger partial charge in [-0.25, -0.2) is 9.78 Å². The number of piperazine rings is 1. The van der Waals surface area contributed by atoms with Crippen LogP contribution >= 0.6 is 24.8 Å². The summed E-state index contributed by atoms with van der Waals surface area (Å²) in [7, 11) is 0. The minimum atomic E-state index is -0.303. The van der Waals surface area contributed by atoms with Crippen LogP contribution in [0.3, 0.4) is 0 Å². The maximum atomic E-state index is 12.4. The van der Waals surface area contributed by atoms with Crippen molar-refractivity contribution in [2.24, 2.45) is 0 Å². The van der Waals surface area contributed by atoms with Gasteiger partial charge < -0.3 is 15.0 Å². The van der Waals surface area contributed by atoms with Gasteiger partial charge in [0.15, 0.2) is 0 Å². The van der Waals surface area contributed by atoms with Crippen LogP contribution in [0.1, 0.15) is 42.3 Å². The van der Waals surface area contributed by atoms with Crippen LogP contribution in [0.4, 0.5) is 5.82 Å². The van der Waals surface area contributed by atoms with Crippen LogP contribution in [0, 0.1) is 0 Å². The number of carbonyl (C=O) groups is 1. The van der Waals surface area contributed by atoms with E-state index < -0.39 is 0 Å². The average Bonchev–Trinajstić information content (AvgIpc) is 2.73. The molecule has 1 aliphatic rings. The Kier molecular flexibility index (Phi) is 11.9. The van der Waals surface area contributed by atoms with Gasteiger partial charge in [-0.1, -0.05) is 31.2 Å². The summed E-state index contributed by atoms with van der Waals surface area (Å²) in [6.07, 6.45) is 1.60. The van der Waals surface area contributed by atoms with Crippen LogP contribution in [-0.4, -0.2) is 54.7 Å². The van der Waals surface area contributed by atoms with Crippen LogP contribution in [-0.2, 0) is 17.8 Å². The Labute approximate surface area is 198 Å². The molecule has 2 heterocycles. The van der Waals surface area contributed by atoms with Crippen LogP contribution in [0.5, 0.6) is 0 Å². The molecule has 2 aromatic rings. The zero-order valence-electron chi connectivity index (χ0n) is 18.5. The normalized spacial score (nSPS) is 14.0. The zero-order valence-corrected chi connectivity index (χ0v) is 20.2. The molecule has 1 N–H and O–H groups in total. The van der Waals surface area contributed by atoms with Gasteiger partial charge in [0, 0.05) is 45.5 Å². The minimum Gasteiger partial charge on any atom is -0.459 e. The molecule has 1 aliphatic heterocycles. The summed E-state index contributed by atoms with van der Waals surface area (Å²) in [5.74, 6) is 0.425. The van der Waals surface area contributed by atoms with E-state index in [9.17, 15) is 4.79 Å². The Hall–Kier alpha value is -1.86. The standard InChI is InChI=1S/C23H32N4O2.2ClH/c1-4-24-16-19-7-9-20(10-8-19)17-26-12-14-27(15-13-26)22-21(6-5-11-25-22)23(28)29-18(2)3;;/h5-11,18,24H,4,12-17H2,1-3H3;2*1H. The number of anilines is 1. The quantitative estimate of drug-likeness (QED) is 0.592. The number of hydrogen-bond donors (Lipinski definition) is 1. The van der Waals surface area contributed by atoms with Crippen molar-refractivity contribution in [3.05, 3.63) is 59.3 Å². The molecule has 0 radical (unpaired) electrons. The second-order valence-electron chi connectivity index (χ2n) is 7.69. The first-order valence-corrected chi connectivity index (χ1v) is 10.5. The Morgan fingerprint density at radius 3 is 2.32 bits per heavy atom. The minimum absolute atomic E-state index is 0. The number of aromatic nitrogens is 1. The number of halogens is 2. The average molecular weight is 469 g/mol. The van der Waals surface area contributed by atoms with E-state index in [2.05, 4.69) is 51.3 Å². The highest BCUT2D eigenvalue weighted by molar-refractivity contribution is 5.94. The molecule has 1 fully saturated rings. The van der Waals surface area contributed by atoms with Crippen molar-refractivity contribution in [3.63, 3.8) is 0 Å². The van der Waals surface area contributed by atoms with Crippen molar-refractivity contribution in [3.8, 4) is 0 Å². The van der Waals surface area contributed by atoms with Crippen LogP contribution in [0.25, 0.3) is 0 Å². The molecule has 0 bridgehead atoms. The smallest absolute Gasteiger partial charge is 0.342 e. The van der Waals surface area contributed by atoms with Gasteiger partial charge in [-0.3, -0.25) is 4.90 Å². The summed E-state index contributed by atoms with van der Waals surface area (Å²) in [4.78, 5) is 21.5. The summed E-state index contributed by atoms with van der Waals surface area (Å²) < 4.78 is 5.38. The number of hydrogen-bond acceptors (Lipinski definition) is 6. The van der Waals surface area contributed by atoms with Crippen LogP contribution in [0.15, 0.2) is 42.6 Å². The summed E-state index contributed by atoms with van der Waals surface area (Å²) in [6.45, 7) is 12.3. The summed E-state index contributed by atoms with van der Waals surface area (Å²) >= 11 is 0. The van der Waals surface area contributed by atoms with E-state index in [4.69, 9.17) is 4.74 Å². The van der Waals surface area contributed by atoms with Crippen molar-refractivity contribution in [1.82, 2.24) is 15.2 Å². The molecule has 1 saturated heterocycles. The lowest BCUT2D eigenvalue weighted by Gasteiger charge is -2.36. The lowest BCUT2D eigenvalue weighted by Crippen LogP contribution is -2.46. The van der Waals surface area contributed by atoms with Gasteiger partial charge in [0.05, 0.1) is 6.10 Å². The molecule has 0 aliphatic carbocycles. The Morgan fingerprint density at radius 1 is 1.06 bits per heavy atom. The van der Waals surface area contributed by atoms with E-state index >= 15 is 0 Å². The fraction of sp³-hybridized carbons (Fsp3) is 0.478. The third-order valence-electron chi connectivity index (χ3n) is 5.03. The van der Waals surface area contributed by atoms with E-state index in [-0.39, 0.29) is 36.9 Å². The van der Waals surface area contributed by atoms with E-state index in [0.717, 1.165) is 51.6 Å². The SMILES string of the molecule is CCNCc1ccc(CN2CCN(c3ncccc3C(=O)OC(C)C)CC2)cc1.Cl.Cl. The number of nitrogens with one attached hydrogen (secondary N) is 1. The predicted molar refractivity (Wildman–Crippen MR) is 131 cm³/mol. The van der Waals surface area contributed by atoms with Crippen LogP contribution < -0.4 is 10.2 Å². The van der Waals surface area contributed by atoms with Gasteiger partial charge in [0.1, 0.15) is 11.4 Å². The molecule has 3 rings (SSSR count). The molecule has 6 nitrogen and oxygen atoms in total. The fourth-order valence-electron chi connectivity index (χ4n) is 3.49. The molecule has 0 unspecified atom stereocenters. The highest BCUT2D eigenvalue weighted by atomic mass is 35.5. The third-order valence-corrected chi connectivity index (χ3v) is 5.03. The number of nitrogens with zero attached hydrogens (tertiary/aromatic N) is 3. The summed E-state index contributed by atoms with van der Waals surface area (Å²) in [5.41, 5.74) is 3.19.